The van der Waals surface area contributed by atoms with Gasteiger partial charge in [0.1, 0.15) is 24.0 Å². The van der Waals surface area contributed by atoms with Crippen LogP contribution in [0.4, 0.5) is 0 Å². The summed E-state index contributed by atoms with van der Waals surface area (Å²) in [5, 5.41) is 12.2. The van der Waals surface area contributed by atoms with Crippen molar-refractivity contribution in [1.82, 2.24) is 4.90 Å². The molecule has 1 saturated carbocycles. The normalized spacial score (nSPS) is 38.1. The highest BCUT2D eigenvalue weighted by molar-refractivity contribution is 6.74. The number of fused-ring (bicyclic) bond motifs is 3. The molecule has 0 radical (unpaired) electrons. The van der Waals surface area contributed by atoms with Gasteiger partial charge >= 0.3 is 5.97 Å². The fraction of sp³-hybridized carbons (Fsp3) is 0.837. The summed E-state index contributed by atoms with van der Waals surface area (Å²) in [5.74, 6) is -6.01. The monoisotopic (exact) mass is 890 g/mol. The van der Waals surface area contributed by atoms with Crippen LogP contribution in [0.1, 0.15) is 139 Å². The minimum atomic E-state index is -2.46. The molecule has 3 heterocycles. The third-order valence-corrected chi connectivity index (χ3v) is 19.5. The first-order chi connectivity index (χ1) is 29.0. The van der Waals surface area contributed by atoms with Crippen LogP contribution in [0.25, 0.3) is 0 Å². The lowest BCUT2D eigenvalue weighted by Crippen LogP contribution is -2.64. The van der Waals surface area contributed by atoms with Gasteiger partial charge in [-0.2, -0.15) is 0 Å². The van der Waals surface area contributed by atoms with E-state index >= 15 is 0 Å². The maximum Gasteiger partial charge on any atom is 0.329 e. The molecule has 13 unspecified atom stereocenters. The molecule has 12 nitrogen and oxygen atoms in total. The first-order valence-corrected chi connectivity index (χ1v) is 26.5. The number of piperidine rings is 1. The van der Waals surface area contributed by atoms with Gasteiger partial charge in [0, 0.05) is 46.1 Å². The van der Waals surface area contributed by atoms with Crippen molar-refractivity contribution in [3.8, 4) is 0 Å². The SMILES string of the molecule is CCC1/C=C(\C)CC(C)CC(OC)C2OC(O)(C(=O)C(=O)N3CCCCC3C(=O)OC(C(C)=CC3CCC(O[Si](C)(C)C(C)(C)C)C(OC)C3)C(C)CCC1=O)C(C)CC2OC. The van der Waals surface area contributed by atoms with E-state index in [9.17, 15) is 24.3 Å². The van der Waals surface area contributed by atoms with Crippen LogP contribution >= 0.6 is 0 Å². The van der Waals surface area contributed by atoms with Crippen molar-refractivity contribution in [2.45, 2.75) is 206 Å². The lowest BCUT2D eigenvalue weighted by molar-refractivity contribution is -0.302. The number of amides is 1. The molecular weight excluding hydrogens is 807 g/mol. The molecule has 0 aromatic carbocycles. The highest BCUT2D eigenvalue weighted by Crippen LogP contribution is 2.42. The molecule has 2 bridgehead atoms. The molecule has 2 saturated heterocycles. The van der Waals surface area contributed by atoms with Crippen molar-refractivity contribution in [2.75, 3.05) is 27.9 Å². The van der Waals surface area contributed by atoms with Crippen molar-refractivity contribution in [2.24, 2.45) is 29.6 Å². The molecule has 13 heteroatoms. The number of cyclic esters (lactones) is 1. The predicted molar refractivity (Wildman–Crippen MR) is 243 cm³/mol. The number of rotatable bonds is 8. The van der Waals surface area contributed by atoms with Crippen LogP contribution in [-0.2, 0) is 47.3 Å². The number of hydrogen-bond acceptors (Lipinski definition) is 11. The lowest BCUT2D eigenvalue weighted by Gasteiger charge is -2.47. The average molecular weight is 890 g/mol. The van der Waals surface area contributed by atoms with E-state index < -0.39 is 68.1 Å². The van der Waals surface area contributed by atoms with Crippen LogP contribution < -0.4 is 0 Å². The lowest BCUT2D eigenvalue weighted by atomic mass is 9.82. The largest absolute Gasteiger partial charge is 0.456 e. The Morgan fingerprint density at radius 2 is 1.56 bits per heavy atom. The number of Topliss-reactive ketones (excluding diaryl/α,β-unsaturated/α-hetero) is 2. The van der Waals surface area contributed by atoms with Gasteiger partial charge in [-0.15, -0.1) is 0 Å². The van der Waals surface area contributed by atoms with Gasteiger partial charge < -0.3 is 38.1 Å². The summed E-state index contributed by atoms with van der Waals surface area (Å²) in [6.45, 7) is 23.3. The number of methoxy groups -OCH3 is 3. The quantitative estimate of drug-likeness (QED) is 0.108. The number of ketones is 2. The molecule has 13 atom stereocenters. The van der Waals surface area contributed by atoms with E-state index in [1.807, 2.05) is 27.7 Å². The average Bonchev–Trinajstić information content (AvgIpc) is 3.22. The van der Waals surface area contributed by atoms with Crippen LogP contribution in [0.15, 0.2) is 23.3 Å². The molecule has 1 N–H and O–H groups in total. The van der Waals surface area contributed by atoms with Crippen LogP contribution in [0.2, 0.25) is 18.1 Å². The summed E-state index contributed by atoms with van der Waals surface area (Å²) in [5.41, 5.74) is 1.97. The van der Waals surface area contributed by atoms with Crippen LogP contribution in [0, 0.1) is 29.6 Å². The van der Waals surface area contributed by atoms with E-state index in [1.165, 1.54) is 4.90 Å². The van der Waals surface area contributed by atoms with E-state index in [2.05, 4.69) is 52.9 Å². The predicted octanol–water partition coefficient (Wildman–Crippen LogP) is 8.53. The fourth-order valence-electron chi connectivity index (χ4n) is 10.1. The van der Waals surface area contributed by atoms with E-state index in [0.29, 0.717) is 51.4 Å². The highest BCUT2D eigenvalue weighted by Gasteiger charge is 2.56. The summed E-state index contributed by atoms with van der Waals surface area (Å²) in [6, 6.07) is -1.03. The second-order valence-corrected chi connectivity index (χ2v) is 25.6. The summed E-state index contributed by atoms with van der Waals surface area (Å²) in [4.78, 5) is 58.3. The summed E-state index contributed by atoms with van der Waals surface area (Å²) in [7, 11) is 2.84. The van der Waals surface area contributed by atoms with E-state index in [1.54, 1.807) is 28.3 Å². The van der Waals surface area contributed by atoms with Gasteiger partial charge in [-0.25, -0.2) is 4.79 Å². The van der Waals surface area contributed by atoms with Gasteiger partial charge in [-0.3, -0.25) is 14.4 Å². The van der Waals surface area contributed by atoms with E-state index in [-0.39, 0.29) is 59.7 Å². The van der Waals surface area contributed by atoms with Gasteiger partial charge in [0.05, 0.1) is 24.4 Å². The fourth-order valence-corrected chi connectivity index (χ4v) is 11.4. The Hall–Kier alpha value is -2.26. The molecule has 1 amide bonds. The third-order valence-electron chi connectivity index (χ3n) is 15.0. The molecular formula is C49H83NO11Si. The Kier molecular flexibility index (Phi) is 18.8. The molecule has 1 aliphatic carbocycles. The number of carbonyl (C=O) groups excluding carboxylic acids is 4. The van der Waals surface area contributed by atoms with Crippen LogP contribution in [0.3, 0.4) is 0 Å². The maximum atomic E-state index is 14.5. The topological polar surface area (TPSA) is 147 Å². The molecule has 4 aliphatic rings. The number of hydrogen-bond donors (Lipinski definition) is 1. The molecule has 0 aromatic heterocycles. The second kappa shape index (κ2) is 22.3. The first kappa shape index (κ1) is 52.4. The number of nitrogens with zero attached hydrogens (tertiary/aromatic N) is 1. The minimum Gasteiger partial charge on any atom is -0.456 e. The van der Waals surface area contributed by atoms with E-state index in [4.69, 9.17) is 28.1 Å². The van der Waals surface area contributed by atoms with Crippen LogP contribution in [0.5, 0.6) is 0 Å². The molecule has 354 valence electrons. The van der Waals surface area contributed by atoms with Gasteiger partial charge in [-0.1, -0.05) is 66.2 Å². The Balaban J connectivity index is 1.71. The Labute approximate surface area is 374 Å². The smallest absolute Gasteiger partial charge is 0.329 e. The Morgan fingerprint density at radius 1 is 0.919 bits per heavy atom. The summed E-state index contributed by atoms with van der Waals surface area (Å²) < 4.78 is 37.5. The zero-order valence-electron chi connectivity index (χ0n) is 40.8. The molecule has 3 aliphatic heterocycles. The zero-order valence-corrected chi connectivity index (χ0v) is 41.8. The summed E-state index contributed by atoms with van der Waals surface area (Å²) in [6.07, 6.45) is 8.62. The van der Waals surface area contributed by atoms with Crippen molar-refractivity contribution in [3.05, 3.63) is 23.3 Å². The number of ether oxygens (including phenoxy) is 5. The highest BCUT2D eigenvalue weighted by atomic mass is 28.4. The van der Waals surface area contributed by atoms with Crippen molar-refractivity contribution in [1.29, 1.82) is 0 Å². The molecule has 0 aromatic rings. The zero-order chi connectivity index (χ0) is 46.3. The molecule has 3 fully saturated rings. The minimum absolute atomic E-state index is 0.00138. The Morgan fingerprint density at radius 3 is 2.18 bits per heavy atom. The third kappa shape index (κ3) is 12.5. The molecule has 62 heavy (non-hydrogen) atoms. The number of esters is 1. The molecule has 4 rings (SSSR count). The van der Waals surface area contributed by atoms with Crippen LogP contribution in [-0.4, -0.2) is 118 Å². The summed E-state index contributed by atoms with van der Waals surface area (Å²) >= 11 is 0. The van der Waals surface area contributed by atoms with E-state index in [0.717, 1.165) is 30.4 Å². The Bertz CT molecular complexity index is 1610. The molecule has 0 spiro atoms. The van der Waals surface area contributed by atoms with Crippen molar-refractivity contribution < 1.29 is 52.4 Å². The standard InChI is InChI=1S/C49H83NO11Si/c1-15-36-25-30(2)24-31(3)26-41(57-11)44-42(58-12)28-34(6)49(55,60-44)45(52)46(53)50-23-17-16-18-37(50)47(54)59-43(32(4)19-21-38(36)51)33(5)27-35-20-22-39(40(29-35)56-10)61-62(13,14)48(7,8)9/h25,27,31-32,34-37,39-44,55H,15-24,26,28-29H2,1-14H3/b30-25+,33-27?. The van der Waals surface area contributed by atoms with Crippen molar-refractivity contribution >= 4 is 31.8 Å². The maximum absolute atomic E-state index is 14.5. The number of carbonyl (C=O) groups is 4. The second-order valence-electron chi connectivity index (χ2n) is 20.9. The number of allylic oxidation sites excluding steroid dienone is 3. The van der Waals surface area contributed by atoms with Gasteiger partial charge in [0.15, 0.2) is 8.32 Å². The van der Waals surface area contributed by atoms with Gasteiger partial charge in [0.25, 0.3) is 11.7 Å². The van der Waals surface area contributed by atoms with Gasteiger partial charge in [-0.05, 0) is 126 Å². The van der Waals surface area contributed by atoms with Gasteiger partial charge in [0.2, 0.25) is 5.79 Å². The van der Waals surface area contributed by atoms with Crippen molar-refractivity contribution in [3.63, 3.8) is 0 Å². The number of aliphatic hydroxyl groups is 1. The first-order valence-electron chi connectivity index (χ1n) is 23.6.